The fraction of sp³-hybridized carbons (Fsp3) is 0.406. The third-order valence-corrected chi connectivity index (χ3v) is 8.40. The van der Waals surface area contributed by atoms with Crippen molar-refractivity contribution in [1.82, 2.24) is 20.1 Å². The van der Waals surface area contributed by atoms with Crippen molar-refractivity contribution in [2.75, 3.05) is 56.2 Å². The third kappa shape index (κ3) is 5.09. The van der Waals surface area contributed by atoms with Crippen LogP contribution in [0.2, 0.25) is 0 Å². The first-order chi connectivity index (χ1) is 19.4. The molecule has 40 heavy (non-hydrogen) atoms. The number of amides is 1. The summed E-state index contributed by atoms with van der Waals surface area (Å²) in [5.74, 6) is 0.0656. The van der Waals surface area contributed by atoms with Crippen LogP contribution in [-0.2, 0) is 9.53 Å². The molecule has 0 radical (unpaired) electrons. The van der Waals surface area contributed by atoms with Gasteiger partial charge in [-0.25, -0.2) is 0 Å². The van der Waals surface area contributed by atoms with Crippen LogP contribution in [0.1, 0.15) is 30.9 Å². The molecule has 2 fully saturated rings. The monoisotopic (exact) mass is 538 g/mol. The number of anilines is 2. The maximum Gasteiger partial charge on any atom is 0.224 e. The van der Waals surface area contributed by atoms with E-state index >= 15 is 0 Å². The molecule has 0 saturated carbocycles. The van der Waals surface area contributed by atoms with E-state index in [4.69, 9.17) is 4.74 Å². The molecule has 2 aromatic carbocycles. The van der Waals surface area contributed by atoms with Crippen LogP contribution < -0.4 is 9.80 Å². The average molecular weight is 539 g/mol. The number of nitrogens with one attached hydrogen (secondary N) is 1. The van der Waals surface area contributed by atoms with Crippen molar-refractivity contribution in [3.63, 3.8) is 0 Å². The molecule has 1 N–H and O–H groups in total. The van der Waals surface area contributed by atoms with Gasteiger partial charge in [0.1, 0.15) is 0 Å². The lowest BCUT2D eigenvalue weighted by Gasteiger charge is -2.36. The Bertz CT molecular complexity index is 1490. The second kappa shape index (κ2) is 11.0. The van der Waals surface area contributed by atoms with Crippen LogP contribution in [0.4, 0.5) is 11.4 Å². The Hall–Kier alpha value is -3.75. The second-order valence-corrected chi connectivity index (χ2v) is 11.2. The summed E-state index contributed by atoms with van der Waals surface area (Å²) in [4.78, 5) is 22.6. The molecule has 0 bridgehead atoms. The van der Waals surface area contributed by atoms with E-state index in [1.54, 1.807) is 6.92 Å². The molecule has 2 aliphatic heterocycles. The Morgan fingerprint density at radius 1 is 0.950 bits per heavy atom. The number of ether oxygens (including phenoxy) is 1. The zero-order chi connectivity index (χ0) is 27.8. The summed E-state index contributed by atoms with van der Waals surface area (Å²) in [7, 11) is 2.19. The SMILES string of the molecule is CC(=O)N(c1ccc(-c2c[nH]c3nnc(-c4cc(C)c(N5CCN(C)CC5)c(C)c4)cc23)cc1)C1CCOCC1. The number of piperazine rings is 1. The molecular formula is C32H38N6O2. The Kier molecular flexibility index (Phi) is 7.29. The Morgan fingerprint density at radius 2 is 1.62 bits per heavy atom. The fourth-order valence-corrected chi connectivity index (χ4v) is 6.33. The van der Waals surface area contributed by atoms with Crippen molar-refractivity contribution in [3.05, 3.63) is 59.8 Å². The van der Waals surface area contributed by atoms with Gasteiger partial charge in [-0.15, -0.1) is 10.2 Å². The minimum absolute atomic E-state index is 0.0656. The number of aryl methyl sites for hydroxylation is 2. The summed E-state index contributed by atoms with van der Waals surface area (Å²) in [5.41, 5.74) is 9.66. The molecule has 0 spiro atoms. The van der Waals surface area contributed by atoms with Gasteiger partial charge in [-0.1, -0.05) is 12.1 Å². The number of rotatable bonds is 5. The Labute approximate surface area is 235 Å². The third-order valence-electron chi connectivity index (χ3n) is 8.40. The largest absolute Gasteiger partial charge is 0.381 e. The van der Waals surface area contributed by atoms with E-state index in [0.717, 1.165) is 78.1 Å². The first-order valence-corrected chi connectivity index (χ1v) is 14.3. The van der Waals surface area contributed by atoms with Gasteiger partial charge in [0.25, 0.3) is 0 Å². The molecule has 6 rings (SSSR count). The molecule has 8 heteroatoms. The topological polar surface area (TPSA) is 77.6 Å². The molecule has 4 aromatic rings. The van der Waals surface area contributed by atoms with Crippen LogP contribution in [0.3, 0.4) is 0 Å². The van der Waals surface area contributed by atoms with Gasteiger partial charge in [0.2, 0.25) is 5.91 Å². The summed E-state index contributed by atoms with van der Waals surface area (Å²) in [5, 5.41) is 10.1. The zero-order valence-corrected chi connectivity index (χ0v) is 23.9. The van der Waals surface area contributed by atoms with Gasteiger partial charge in [0.15, 0.2) is 5.65 Å². The average Bonchev–Trinajstić information content (AvgIpc) is 3.38. The Balaban J connectivity index is 1.29. The smallest absolute Gasteiger partial charge is 0.224 e. The minimum Gasteiger partial charge on any atom is -0.381 e. The number of aromatic nitrogens is 3. The van der Waals surface area contributed by atoms with E-state index in [1.165, 1.54) is 16.8 Å². The van der Waals surface area contributed by atoms with E-state index in [-0.39, 0.29) is 11.9 Å². The predicted molar refractivity (Wildman–Crippen MR) is 161 cm³/mol. The van der Waals surface area contributed by atoms with Crippen LogP contribution in [0.25, 0.3) is 33.4 Å². The molecular weight excluding hydrogens is 500 g/mol. The van der Waals surface area contributed by atoms with E-state index in [2.05, 4.69) is 76.2 Å². The van der Waals surface area contributed by atoms with Gasteiger partial charge in [0, 0.05) is 86.4 Å². The lowest BCUT2D eigenvalue weighted by atomic mass is 9.99. The van der Waals surface area contributed by atoms with E-state index in [0.29, 0.717) is 13.2 Å². The summed E-state index contributed by atoms with van der Waals surface area (Å²) in [6.45, 7) is 11.7. The number of carbonyl (C=O) groups excluding carboxylic acids is 1. The van der Waals surface area contributed by atoms with Gasteiger partial charge in [-0.05, 0) is 80.8 Å². The van der Waals surface area contributed by atoms with Crippen LogP contribution >= 0.6 is 0 Å². The lowest BCUT2D eigenvalue weighted by Crippen LogP contribution is -2.45. The number of fused-ring (bicyclic) bond motifs is 1. The molecule has 208 valence electrons. The molecule has 8 nitrogen and oxygen atoms in total. The summed E-state index contributed by atoms with van der Waals surface area (Å²) in [6, 6.07) is 15.1. The molecule has 2 aliphatic rings. The quantitative estimate of drug-likeness (QED) is 0.377. The van der Waals surface area contributed by atoms with Gasteiger partial charge in [-0.2, -0.15) is 0 Å². The highest BCUT2D eigenvalue weighted by Gasteiger charge is 2.25. The lowest BCUT2D eigenvalue weighted by molar-refractivity contribution is -0.117. The van der Waals surface area contributed by atoms with E-state index in [1.807, 2.05) is 23.2 Å². The van der Waals surface area contributed by atoms with Crippen molar-refractivity contribution >= 4 is 28.3 Å². The number of nitrogens with zero attached hydrogens (tertiary/aromatic N) is 5. The number of aromatic amines is 1. The van der Waals surface area contributed by atoms with Crippen LogP contribution in [0.5, 0.6) is 0 Å². The van der Waals surface area contributed by atoms with Gasteiger partial charge in [0.05, 0.1) is 5.69 Å². The van der Waals surface area contributed by atoms with Crippen molar-refractivity contribution in [2.24, 2.45) is 0 Å². The summed E-state index contributed by atoms with van der Waals surface area (Å²) < 4.78 is 5.51. The zero-order valence-electron chi connectivity index (χ0n) is 23.9. The maximum atomic E-state index is 12.5. The van der Waals surface area contributed by atoms with Gasteiger partial charge in [-0.3, -0.25) is 4.79 Å². The number of hydrogen-bond acceptors (Lipinski definition) is 6. The van der Waals surface area contributed by atoms with Crippen LogP contribution in [0, 0.1) is 13.8 Å². The van der Waals surface area contributed by atoms with Crippen molar-refractivity contribution < 1.29 is 9.53 Å². The van der Waals surface area contributed by atoms with Crippen LogP contribution in [0.15, 0.2) is 48.7 Å². The molecule has 0 aliphatic carbocycles. The predicted octanol–water partition coefficient (Wildman–Crippen LogP) is 5.19. The molecule has 2 aromatic heterocycles. The Morgan fingerprint density at radius 3 is 2.27 bits per heavy atom. The second-order valence-electron chi connectivity index (χ2n) is 11.2. The molecule has 2 saturated heterocycles. The first kappa shape index (κ1) is 26.5. The normalized spacial score (nSPS) is 16.9. The van der Waals surface area contributed by atoms with Crippen LogP contribution in [-0.4, -0.2) is 78.5 Å². The highest BCUT2D eigenvalue weighted by atomic mass is 16.5. The molecule has 0 unspecified atom stereocenters. The molecule has 4 heterocycles. The standard InChI is InChI=1S/C32H38N6O2/c1-21-17-25(18-22(2)31(21)37-13-11-36(4)12-14-37)30-19-28-29(20-33-32(28)35-34-30)24-5-7-26(8-6-24)38(23(3)39)27-9-15-40-16-10-27/h5-8,17-20,27H,9-16H2,1-4H3,(H,33,35). The highest BCUT2D eigenvalue weighted by molar-refractivity contribution is 5.96. The van der Waals surface area contributed by atoms with E-state index < -0.39 is 0 Å². The number of hydrogen-bond donors (Lipinski definition) is 1. The number of likely N-dealkylation sites (N-methyl/N-ethyl adjacent to an activating group) is 1. The number of benzene rings is 2. The fourth-order valence-electron chi connectivity index (χ4n) is 6.33. The van der Waals surface area contributed by atoms with Gasteiger partial charge < -0.3 is 24.4 Å². The number of H-pyrrole nitrogens is 1. The van der Waals surface area contributed by atoms with E-state index in [9.17, 15) is 4.79 Å². The number of carbonyl (C=O) groups is 1. The molecule has 1 amide bonds. The molecule has 0 atom stereocenters. The van der Waals surface area contributed by atoms with Crippen molar-refractivity contribution in [3.8, 4) is 22.4 Å². The van der Waals surface area contributed by atoms with Crippen molar-refractivity contribution in [1.29, 1.82) is 0 Å². The first-order valence-electron chi connectivity index (χ1n) is 14.3. The summed E-state index contributed by atoms with van der Waals surface area (Å²) in [6.07, 6.45) is 3.72. The maximum absolute atomic E-state index is 12.5. The van der Waals surface area contributed by atoms with Crippen molar-refractivity contribution in [2.45, 2.75) is 39.7 Å². The van der Waals surface area contributed by atoms with Gasteiger partial charge >= 0.3 is 0 Å². The summed E-state index contributed by atoms with van der Waals surface area (Å²) >= 11 is 0. The minimum atomic E-state index is 0.0656. The highest BCUT2D eigenvalue weighted by Crippen LogP contribution is 2.35.